The average molecular weight is 286 g/mol. The maximum Gasteiger partial charge on any atom is 0.409 e. The normalized spacial score (nSPS) is 20.8. The number of nitrogens with one attached hydrogen (secondary N) is 1. The summed E-state index contributed by atoms with van der Waals surface area (Å²) in [7, 11) is 0. The topological polar surface area (TPSA) is 32.3 Å². The van der Waals surface area contributed by atoms with Crippen LogP contribution in [0, 0.1) is 12.3 Å². The molecule has 1 fully saturated rings. The fraction of sp³-hybridized carbons (Fsp3) is 0.500. The van der Waals surface area contributed by atoms with Gasteiger partial charge in [0.2, 0.25) is 5.91 Å². The van der Waals surface area contributed by atoms with E-state index < -0.39 is 17.6 Å². The highest BCUT2D eigenvalue weighted by molar-refractivity contribution is 5.83. The van der Waals surface area contributed by atoms with E-state index in [1.54, 1.807) is 32.9 Å². The van der Waals surface area contributed by atoms with Crippen LogP contribution in [0.25, 0.3) is 0 Å². The molecule has 0 aromatic heterocycles. The zero-order valence-corrected chi connectivity index (χ0v) is 11.6. The van der Waals surface area contributed by atoms with Gasteiger partial charge in [-0.2, -0.15) is 13.2 Å². The van der Waals surface area contributed by atoms with Gasteiger partial charge in [-0.25, -0.2) is 5.01 Å². The Bertz CT molecular complexity index is 525. The van der Waals surface area contributed by atoms with E-state index in [4.69, 9.17) is 0 Å². The van der Waals surface area contributed by atoms with Gasteiger partial charge in [0.1, 0.15) is 6.04 Å². The van der Waals surface area contributed by atoms with E-state index in [1.165, 1.54) is 12.1 Å². The minimum atomic E-state index is -4.46. The van der Waals surface area contributed by atoms with Crippen molar-refractivity contribution in [1.82, 2.24) is 10.4 Å². The Morgan fingerprint density at radius 3 is 2.45 bits per heavy atom. The predicted octanol–water partition coefficient (Wildman–Crippen LogP) is 2.97. The van der Waals surface area contributed by atoms with Crippen molar-refractivity contribution in [3.63, 3.8) is 0 Å². The van der Waals surface area contributed by atoms with E-state index in [9.17, 15) is 18.0 Å². The molecule has 0 bridgehead atoms. The fourth-order valence-electron chi connectivity index (χ4n) is 2.36. The number of carbonyl (C=O) groups is 1. The lowest BCUT2D eigenvalue weighted by molar-refractivity contribution is -0.191. The quantitative estimate of drug-likeness (QED) is 0.906. The largest absolute Gasteiger partial charge is 0.409 e. The molecule has 110 valence electrons. The van der Waals surface area contributed by atoms with Crippen molar-refractivity contribution in [2.45, 2.75) is 33.0 Å². The lowest BCUT2D eigenvalue weighted by atomic mass is 9.93. The Kier molecular flexibility index (Phi) is 3.54. The van der Waals surface area contributed by atoms with Gasteiger partial charge in [0, 0.05) is 6.54 Å². The number of halogens is 3. The highest BCUT2D eigenvalue weighted by Crippen LogP contribution is 2.40. The van der Waals surface area contributed by atoms with Crippen LogP contribution in [0.15, 0.2) is 24.3 Å². The molecule has 1 atom stereocenters. The second-order valence-corrected chi connectivity index (χ2v) is 5.81. The number of hydrogen-bond donors (Lipinski definition) is 1. The molecule has 1 aliphatic heterocycles. The first kappa shape index (κ1) is 14.8. The first-order valence-electron chi connectivity index (χ1n) is 6.32. The molecule has 1 aromatic carbocycles. The van der Waals surface area contributed by atoms with E-state index in [0.717, 1.165) is 10.6 Å². The molecule has 1 heterocycles. The van der Waals surface area contributed by atoms with Gasteiger partial charge in [-0.05, 0) is 26.3 Å². The molecular weight excluding hydrogens is 269 g/mol. The maximum absolute atomic E-state index is 13.4. The molecule has 20 heavy (non-hydrogen) atoms. The van der Waals surface area contributed by atoms with Crippen LogP contribution in [0.1, 0.15) is 31.0 Å². The first-order chi connectivity index (χ1) is 9.11. The third-order valence-electron chi connectivity index (χ3n) is 3.41. The Morgan fingerprint density at radius 1 is 1.35 bits per heavy atom. The van der Waals surface area contributed by atoms with Crippen molar-refractivity contribution in [2.24, 2.45) is 5.41 Å². The monoisotopic (exact) mass is 286 g/mol. The van der Waals surface area contributed by atoms with Gasteiger partial charge in [-0.15, -0.1) is 0 Å². The number of hydrazine groups is 1. The molecule has 2 rings (SSSR count). The van der Waals surface area contributed by atoms with Gasteiger partial charge in [0.05, 0.1) is 5.41 Å². The van der Waals surface area contributed by atoms with E-state index in [1.807, 2.05) is 0 Å². The molecule has 1 aliphatic rings. The zero-order valence-electron chi connectivity index (χ0n) is 11.6. The molecule has 1 saturated heterocycles. The molecule has 0 aliphatic carbocycles. The van der Waals surface area contributed by atoms with Crippen LogP contribution >= 0.6 is 0 Å². The van der Waals surface area contributed by atoms with Crippen LogP contribution in [0.4, 0.5) is 13.2 Å². The van der Waals surface area contributed by atoms with Gasteiger partial charge in [-0.3, -0.25) is 10.2 Å². The highest BCUT2D eigenvalue weighted by Gasteiger charge is 2.51. The molecule has 1 unspecified atom stereocenters. The van der Waals surface area contributed by atoms with E-state index in [0.29, 0.717) is 0 Å². The molecule has 3 nitrogen and oxygen atoms in total. The lowest BCUT2D eigenvalue weighted by Gasteiger charge is -2.30. The Hall–Kier alpha value is -1.56. The Balaban J connectivity index is 2.38. The molecule has 6 heteroatoms. The van der Waals surface area contributed by atoms with E-state index in [2.05, 4.69) is 5.43 Å². The van der Waals surface area contributed by atoms with Gasteiger partial charge in [0.15, 0.2) is 0 Å². The van der Waals surface area contributed by atoms with Gasteiger partial charge in [0.25, 0.3) is 0 Å². The standard InChI is InChI=1S/C14H17F3N2O/c1-9-5-4-6-10(7-9)11(14(15,16)17)19-8-13(2,3)12(20)18-19/h4-7,11H,8H2,1-3H3,(H,18,20). The zero-order chi connectivity index (χ0) is 15.1. The summed E-state index contributed by atoms with van der Waals surface area (Å²) in [6.07, 6.45) is -4.46. The lowest BCUT2D eigenvalue weighted by Crippen LogP contribution is -2.43. The summed E-state index contributed by atoms with van der Waals surface area (Å²) in [6, 6.07) is 4.43. The summed E-state index contributed by atoms with van der Waals surface area (Å²) in [5, 5.41) is 0.983. The Labute approximate surface area is 115 Å². The van der Waals surface area contributed by atoms with Crippen LogP contribution in [-0.2, 0) is 4.79 Å². The van der Waals surface area contributed by atoms with E-state index in [-0.39, 0.29) is 18.0 Å². The van der Waals surface area contributed by atoms with Crippen molar-refractivity contribution in [2.75, 3.05) is 6.54 Å². The third kappa shape index (κ3) is 2.80. The number of alkyl halides is 3. The SMILES string of the molecule is Cc1cccc(C(N2CC(C)(C)C(=O)N2)C(F)(F)F)c1. The van der Waals surface area contributed by atoms with Crippen LogP contribution in [0.3, 0.4) is 0 Å². The Morgan fingerprint density at radius 2 is 2.00 bits per heavy atom. The van der Waals surface area contributed by atoms with Crippen LogP contribution in [0.5, 0.6) is 0 Å². The molecule has 1 aromatic rings. The summed E-state index contributed by atoms with van der Waals surface area (Å²) < 4.78 is 40.1. The van der Waals surface area contributed by atoms with Gasteiger partial charge >= 0.3 is 6.18 Å². The van der Waals surface area contributed by atoms with Crippen molar-refractivity contribution < 1.29 is 18.0 Å². The minimum absolute atomic E-state index is 0.0178. The summed E-state index contributed by atoms with van der Waals surface area (Å²) in [5.74, 6) is -0.389. The number of hydrogen-bond acceptors (Lipinski definition) is 2. The van der Waals surface area contributed by atoms with Crippen molar-refractivity contribution >= 4 is 5.91 Å². The minimum Gasteiger partial charge on any atom is -0.287 e. The molecule has 0 radical (unpaired) electrons. The number of amides is 1. The molecule has 0 spiro atoms. The number of carbonyl (C=O) groups excluding carboxylic acids is 1. The molecular formula is C14H17F3N2O. The third-order valence-corrected chi connectivity index (χ3v) is 3.41. The smallest absolute Gasteiger partial charge is 0.287 e. The molecule has 1 amide bonds. The number of nitrogens with zero attached hydrogens (tertiary/aromatic N) is 1. The van der Waals surface area contributed by atoms with E-state index >= 15 is 0 Å². The number of rotatable bonds is 2. The summed E-state index contributed by atoms with van der Waals surface area (Å²) in [6.45, 7) is 5.02. The van der Waals surface area contributed by atoms with Crippen molar-refractivity contribution in [3.05, 3.63) is 35.4 Å². The summed E-state index contributed by atoms with van der Waals surface area (Å²) >= 11 is 0. The maximum atomic E-state index is 13.4. The first-order valence-corrected chi connectivity index (χ1v) is 6.32. The van der Waals surface area contributed by atoms with Gasteiger partial charge in [-0.1, -0.05) is 29.8 Å². The average Bonchev–Trinajstić information content (AvgIpc) is 2.50. The van der Waals surface area contributed by atoms with Crippen LogP contribution < -0.4 is 5.43 Å². The second-order valence-electron chi connectivity index (χ2n) is 5.81. The van der Waals surface area contributed by atoms with Crippen molar-refractivity contribution in [1.29, 1.82) is 0 Å². The predicted molar refractivity (Wildman–Crippen MR) is 68.6 cm³/mol. The molecule has 0 saturated carbocycles. The summed E-state index contributed by atoms with van der Waals surface area (Å²) in [5.41, 5.74) is 2.40. The molecule has 1 N–H and O–H groups in total. The second kappa shape index (κ2) is 4.77. The number of benzene rings is 1. The van der Waals surface area contributed by atoms with Crippen molar-refractivity contribution in [3.8, 4) is 0 Å². The highest BCUT2D eigenvalue weighted by atomic mass is 19.4. The van der Waals surface area contributed by atoms with Gasteiger partial charge < -0.3 is 0 Å². The van der Waals surface area contributed by atoms with Crippen LogP contribution in [-0.4, -0.2) is 23.6 Å². The fourth-order valence-corrected chi connectivity index (χ4v) is 2.36. The summed E-state index contributed by atoms with van der Waals surface area (Å²) in [4.78, 5) is 11.7. The van der Waals surface area contributed by atoms with Crippen LogP contribution in [0.2, 0.25) is 0 Å². The number of aryl methyl sites for hydroxylation is 1.